The van der Waals surface area contributed by atoms with Crippen molar-refractivity contribution in [1.29, 1.82) is 0 Å². The van der Waals surface area contributed by atoms with E-state index >= 15 is 0 Å². The van der Waals surface area contributed by atoms with Crippen molar-refractivity contribution in [3.63, 3.8) is 0 Å². The zero-order valence-electron chi connectivity index (χ0n) is 15.9. The Labute approximate surface area is 154 Å². The lowest BCUT2D eigenvalue weighted by Gasteiger charge is -2.38. The van der Waals surface area contributed by atoms with Gasteiger partial charge in [-0.05, 0) is 51.3 Å². The first-order valence-corrected chi connectivity index (χ1v) is 9.64. The molecule has 0 unspecified atom stereocenters. The number of hydrogen-bond acceptors (Lipinski definition) is 4. The van der Waals surface area contributed by atoms with Crippen molar-refractivity contribution in [2.24, 2.45) is 0 Å². The number of aromatic nitrogens is 2. The van der Waals surface area contributed by atoms with Gasteiger partial charge in [-0.3, -0.25) is 9.69 Å². The average molecular weight is 356 g/mol. The molecule has 2 aliphatic rings. The lowest BCUT2D eigenvalue weighted by Crippen LogP contribution is -2.51. The van der Waals surface area contributed by atoms with Crippen LogP contribution in [-0.2, 0) is 4.74 Å². The molecule has 6 nitrogen and oxygen atoms in total. The number of carbonyl (C=O) groups is 1. The first-order valence-electron chi connectivity index (χ1n) is 9.64. The van der Waals surface area contributed by atoms with Gasteiger partial charge in [0.25, 0.3) is 5.91 Å². The molecular weight excluding hydrogens is 328 g/mol. The number of ether oxygens (including phenoxy) is 1. The second-order valence-electron chi connectivity index (χ2n) is 7.87. The highest BCUT2D eigenvalue weighted by molar-refractivity contribution is 5.93. The summed E-state index contributed by atoms with van der Waals surface area (Å²) in [5.74, 6) is 0.0585. The predicted molar refractivity (Wildman–Crippen MR) is 100 cm³/mol. The fraction of sp³-hybridized carbons (Fsp3) is 0.600. The van der Waals surface area contributed by atoms with E-state index < -0.39 is 0 Å². The van der Waals surface area contributed by atoms with E-state index in [4.69, 9.17) is 4.74 Å². The molecule has 3 atom stereocenters. The van der Waals surface area contributed by atoms with Crippen LogP contribution < -0.4 is 0 Å². The van der Waals surface area contributed by atoms with Crippen molar-refractivity contribution in [3.8, 4) is 0 Å². The highest BCUT2D eigenvalue weighted by Gasteiger charge is 2.33. The minimum atomic E-state index is 0.0585. The van der Waals surface area contributed by atoms with Gasteiger partial charge in [0, 0.05) is 44.6 Å². The molecule has 2 fully saturated rings. The van der Waals surface area contributed by atoms with Crippen molar-refractivity contribution in [3.05, 3.63) is 35.8 Å². The van der Waals surface area contributed by atoms with Gasteiger partial charge in [-0.1, -0.05) is 0 Å². The van der Waals surface area contributed by atoms with Gasteiger partial charge in [0.1, 0.15) is 11.3 Å². The molecule has 0 aromatic carbocycles. The maximum Gasteiger partial charge on any atom is 0.274 e. The fourth-order valence-corrected chi connectivity index (χ4v) is 4.36. The lowest BCUT2D eigenvalue weighted by atomic mass is 10.1. The Bertz CT molecular complexity index is 792. The Morgan fingerprint density at radius 2 is 2.08 bits per heavy atom. The molecule has 0 N–H and O–H groups in total. The topological polar surface area (TPSA) is 50.1 Å². The van der Waals surface area contributed by atoms with Gasteiger partial charge in [0.05, 0.1) is 12.2 Å². The zero-order valence-corrected chi connectivity index (χ0v) is 15.9. The number of aryl methyl sites for hydroxylation is 1. The summed E-state index contributed by atoms with van der Waals surface area (Å²) in [6.45, 7) is 9.92. The minimum absolute atomic E-state index is 0.0585. The highest BCUT2D eigenvalue weighted by Crippen LogP contribution is 2.23. The van der Waals surface area contributed by atoms with Crippen molar-refractivity contribution in [1.82, 2.24) is 19.2 Å². The van der Waals surface area contributed by atoms with E-state index in [1.165, 1.54) is 0 Å². The summed E-state index contributed by atoms with van der Waals surface area (Å²) in [5, 5.41) is 0. The van der Waals surface area contributed by atoms with Crippen LogP contribution in [0.3, 0.4) is 0 Å². The van der Waals surface area contributed by atoms with Crippen molar-refractivity contribution >= 4 is 11.6 Å². The highest BCUT2D eigenvalue weighted by atomic mass is 16.5. The number of hydrogen-bond donors (Lipinski definition) is 0. The van der Waals surface area contributed by atoms with Gasteiger partial charge >= 0.3 is 0 Å². The number of nitrogens with zero attached hydrogens (tertiary/aromatic N) is 4. The summed E-state index contributed by atoms with van der Waals surface area (Å²) in [6.07, 6.45) is 6.46. The molecule has 0 spiro atoms. The Morgan fingerprint density at radius 1 is 1.31 bits per heavy atom. The molecule has 6 heteroatoms. The van der Waals surface area contributed by atoms with E-state index in [1.807, 2.05) is 40.8 Å². The third-order valence-electron chi connectivity index (χ3n) is 5.44. The van der Waals surface area contributed by atoms with Crippen LogP contribution in [0.1, 0.15) is 42.7 Å². The van der Waals surface area contributed by atoms with Crippen LogP contribution in [0.2, 0.25) is 0 Å². The number of amides is 1. The smallest absolute Gasteiger partial charge is 0.274 e. The average Bonchev–Trinajstić information content (AvgIpc) is 3.19. The molecule has 0 bridgehead atoms. The first-order chi connectivity index (χ1) is 12.5. The molecule has 2 aromatic rings. The molecular formula is C20H28N4O2. The van der Waals surface area contributed by atoms with E-state index in [1.54, 1.807) is 0 Å². The van der Waals surface area contributed by atoms with Gasteiger partial charge in [0.15, 0.2) is 0 Å². The SMILES string of the molecule is Cc1ccn2cc(C(=O)N3CCC[C@@H]3CN3C[C@@H](C)O[C@H](C)C3)nc2c1. The summed E-state index contributed by atoms with van der Waals surface area (Å²) >= 11 is 0. The second kappa shape index (κ2) is 7.00. The number of morpholine rings is 1. The van der Waals surface area contributed by atoms with Crippen molar-refractivity contribution in [2.75, 3.05) is 26.2 Å². The predicted octanol–water partition coefficient (Wildman–Crippen LogP) is 2.36. The van der Waals surface area contributed by atoms with Gasteiger partial charge in [-0.15, -0.1) is 0 Å². The van der Waals surface area contributed by atoms with E-state index in [-0.39, 0.29) is 24.2 Å². The standard InChI is InChI=1S/C20H28N4O2/c1-14-6-8-23-13-18(21-19(23)9-14)20(25)24-7-4-5-17(24)12-22-10-15(2)26-16(3)11-22/h6,8-9,13,15-17H,4-5,7,10-12H2,1-3H3/t15-,16-,17-/m1/s1. The Kier molecular flexibility index (Phi) is 4.71. The molecule has 4 heterocycles. The lowest BCUT2D eigenvalue weighted by molar-refractivity contribution is -0.0715. The summed E-state index contributed by atoms with van der Waals surface area (Å²) in [4.78, 5) is 22.1. The molecule has 4 rings (SSSR count). The number of carbonyl (C=O) groups excluding carboxylic acids is 1. The molecule has 1 amide bonds. The number of rotatable bonds is 3. The van der Waals surface area contributed by atoms with Crippen molar-refractivity contribution < 1.29 is 9.53 Å². The van der Waals surface area contributed by atoms with E-state index in [2.05, 4.69) is 23.7 Å². The molecule has 140 valence electrons. The largest absolute Gasteiger partial charge is 0.373 e. The van der Waals surface area contributed by atoms with Gasteiger partial charge in [0.2, 0.25) is 0 Å². The summed E-state index contributed by atoms with van der Waals surface area (Å²) in [7, 11) is 0. The van der Waals surface area contributed by atoms with Gasteiger partial charge < -0.3 is 14.0 Å². The number of pyridine rings is 1. The quantitative estimate of drug-likeness (QED) is 0.847. The normalized spacial score (nSPS) is 27.3. The van der Waals surface area contributed by atoms with E-state index in [0.717, 1.165) is 50.2 Å². The van der Waals surface area contributed by atoms with E-state index in [0.29, 0.717) is 5.69 Å². The molecule has 2 aromatic heterocycles. The zero-order chi connectivity index (χ0) is 18.3. The van der Waals surface area contributed by atoms with Crippen molar-refractivity contribution in [2.45, 2.75) is 51.9 Å². The Morgan fingerprint density at radius 3 is 2.85 bits per heavy atom. The summed E-state index contributed by atoms with van der Waals surface area (Å²) in [6, 6.07) is 4.31. The molecule has 0 radical (unpaired) electrons. The number of imidazole rings is 1. The molecule has 26 heavy (non-hydrogen) atoms. The molecule has 0 aliphatic carbocycles. The molecule has 2 aliphatic heterocycles. The molecule has 0 saturated carbocycles. The third-order valence-corrected chi connectivity index (χ3v) is 5.44. The Hall–Kier alpha value is -1.92. The maximum absolute atomic E-state index is 13.1. The van der Waals surface area contributed by atoms with Gasteiger partial charge in [-0.2, -0.15) is 0 Å². The summed E-state index contributed by atoms with van der Waals surface area (Å²) in [5.41, 5.74) is 2.53. The van der Waals surface area contributed by atoms with Crippen LogP contribution in [0, 0.1) is 6.92 Å². The van der Waals surface area contributed by atoms with Crippen LogP contribution in [0.4, 0.5) is 0 Å². The van der Waals surface area contributed by atoms with Crippen LogP contribution in [0.5, 0.6) is 0 Å². The third kappa shape index (κ3) is 3.48. The van der Waals surface area contributed by atoms with Gasteiger partial charge in [-0.25, -0.2) is 4.98 Å². The van der Waals surface area contributed by atoms with Crippen LogP contribution in [0.25, 0.3) is 5.65 Å². The second-order valence-corrected chi connectivity index (χ2v) is 7.87. The minimum Gasteiger partial charge on any atom is -0.373 e. The van der Waals surface area contributed by atoms with E-state index in [9.17, 15) is 4.79 Å². The maximum atomic E-state index is 13.1. The number of likely N-dealkylation sites (tertiary alicyclic amines) is 1. The monoisotopic (exact) mass is 356 g/mol. The first kappa shape index (κ1) is 17.5. The van der Waals surface area contributed by atoms with Crippen LogP contribution in [0.15, 0.2) is 24.5 Å². The molecule has 2 saturated heterocycles. The van der Waals surface area contributed by atoms with Crippen LogP contribution in [-0.4, -0.2) is 69.5 Å². The fourth-order valence-electron chi connectivity index (χ4n) is 4.36. The Balaban J connectivity index is 1.49. The summed E-state index contributed by atoms with van der Waals surface area (Å²) < 4.78 is 7.76. The number of fused-ring (bicyclic) bond motifs is 1. The van der Waals surface area contributed by atoms with Crippen LogP contribution >= 0.6 is 0 Å².